The average Bonchev–Trinajstić information content (AvgIpc) is 3.52. The van der Waals surface area contributed by atoms with Gasteiger partial charge in [0.05, 0.1) is 25.0 Å². The van der Waals surface area contributed by atoms with Crippen LogP contribution in [0.15, 0.2) is 89.9 Å². The molecule has 1 N–H and O–H groups in total. The molecule has 0 spiro atoms. The van der Waals surface area contributed by atoms with Crippen molar-refractivity contribution in [2.75, 3.05) is 13.6 Å². The Bertz CT molecular complexity index is 1230. The number of carbonyl (C=O) groups excluding carboxylic acids is 2. The predicted octanol–water partition coefficient (Wildman–Crippen LogP) is 3.32. The van der Waals surface area contributed by atoms with Crippen LogP contribution in [0.2, 0.25) is 0 Å². The van der Waals surface area contributed by atoms with Crippen LogP contribution < -0.4 is 5.32 Å². The van der Waals surface area contributed by atoms with E-state index in [1.807, 2.05) is 48.7 Å². The molecule has 0 aliphatic carbocycles. The molecule has 0 aliphatic heterocycles. The second-order valence-electron chi connectivity index (χ2n) is 7.34. The molecule has 4 rings (SSSR count). The minimum atomic E-state index is -0.298. The summed E-state index contributed by atoms with van der Waals surface area (Å²) >= 11 is 0. The number of rotatable bonds is 8. The van der Waals surface area contributed by atoms with Crippen LogP contribution in [0.1, 0.15) is 11.3 Å². The summed E-state index contributed by atoms with van der Waals surface area (Å²) in [6.45, 7) is 0.208. The maximum atomic E-state index is 12.6. The van der Waals surface area contributed by atoms with E-state index in [1.165, 1.54) is 11.0 Å². The van der Waals surface area contributed by atoms with Crippen molar-refractivity contribution in [3.63, 3.8) is 0 Å². The van der Waals surface area contributed by atoms with Gasteiger partial charge < -0.3 is 14.6 Å². The molecule has 0 unspecified atom stereocenters. The first-order valence-electron chi connectivity index (χ1n) is 10.4. The third-order valence-corrected chi connectivity index (χ3v) is 4.90. The summed E-state index contributed by atoms with van der Waals surface area (Å²) in [6, 6.07) is 17.0. The van der Waals surface area contributed by atoms with Crippen LogP contribution in [0.5, 0.6) is 0 Å². The van der Waals surface area contributed by atoms with E-state index >= 15 is 0 Å². The van der Waals surface area contributed by atoms with Crippen LogP contribution in [0.25, 0.3) is 23.0 Å². The first-order chi connectivity index (χ1) is 16.1. The second-order valence-corrected chi connectivity index (χ2v) is 7.34. The number of hydrogen-bond acceptors (Lipinski definition) is 5. The summed E-state index contributed by atoms with van der Waals surface area (Å²) in [6.07, 6.45) is 9.97. The van der Waals surface area contributed by atoms with Crippen molar-refractivity contribution >= 4 is 17.9 Å². The van der Waals surface area contributed by atoms with E-state index in [2.05, 4.69) is 10.3 Å². The van der Waals surface area contributed by atoms with Gasteiger partial charge in [-0.05, 0) is 42.5 Å². The average molecular weight is 441 g/mol. The van der Waals surface area contributed by atoms with Crippen LogP contribution in [-0.4, -0.2) is 45.1 Å². The number of nitrogens with one attached hydrogen (secondary N) is 1. The molecule has 0 saturated carbocycles. The number of para-hydroxylation sites is 1. The number of nitrogens with zero attached hydrogens (tertiary/aromatic N) is 4. The summed E-state index contributed by atoms with van der Waals surface area (Å²) in [5, 5.41) is 7.42. The Kier molecular flexibility index (Phi) is 6.75. The first-order valence-corrected chi connectivity index (χ1v) is 10.4. The van der Waals surface area contributed by atoms with E-state index in [4.69, 9.17) is 9.52 Å². The van der Waals surface area contributed by atoms with Gasteiger partial charge >= 0.3 is 0 Å². The van der Waals surface area contributed by atoms with E-state index in [9.17, 15) is 9.59 Å². The molecule has 0 fully saturated rings. The maximum Gasteiger partial charge on any atom is 0.246 e. The summed E-state index contributed by atoms with van der Waals surface area (Å²) in [5.74, 6) is 0.0759. The molecule has 8 heteroatoms. The Morgan fingerprint density at radius 1 is 1.12 bits per heavy atom. The second kappa shape index (κ2) is 10.2. The third-order valence-electron chi connectivity index (χ3n) is 4.90. The Labute approximate surface area is 191 Å². The highest BCUT2D eigenvalue weighted by Gasteiger charge is 2.13. The molecule has 0 aliphatic rings. The van der Waals surface area contributed by atoms with Crippen molar-refractivity contribution in [2.24, 2.45) is 0 Å². The Morgan fingerprint density at radius 3 is 2.70 bits per heavy atom. The third kappa shape index (κ3) is 5.62. The van der Waals surface area contributed by atoms with E-state index in [1.54, 1.807) is 48.6 Å². The Hall–Kier alpha value is -4.46. The Balaban J connectivity index is 1.47. The van der Waals surface area contributed by atoms with Crippen LogP contribution in [0.4, 0.5) is 0 Å². The molecule has 0 bridgehead atoms. The molecular formula is C25H23N5O3. The van der Waals surface area contributed by atoms with E-state index in [-0.39, 0.29) is 24.9 Å². The Morgan fingerprint density at radius 2 is 1.97 bits per heavy atom. The summed E-state index contributed by atoms with van der Waals surface area (Å²) < 4.78 is 6.95. The van der Waals surface area contributed by atoms with Gasteiger partial charge in [0, 0.05) is 42.8 Å². The lowest BCUT2D eigenvalue weighted by atomic mass is 10.1. The highest BCUT2D eigenvalue weighted by atomic mass is 16.3. The van der Waals surface area contributed by atoms with Crippen molar-refractivity contribution in [3.8, 4) is 16.9 Å². The molecule has 33 heavy (non-hydrogen) atoms. The number of likely N-dealkylation sites (N-methyl/N-ethyl adjacent to an activating group) is 1. The number of hydrogen-bond donors (Lipinski definition) is 1. The molecule has 0 atom stereocenters. The predicted molar refractivity (Wildman–Crippen MR) is 124 cm³/mol. The van der Waals surface area contributed by atoms with Crippen molar-refractivity contribution in [3.05, 3.63) is 96.9 Å². The van der Waals surface area contributed by atoms with Crippen molar-refractivity contribution in [1.82, 2.24) is 25.0 Å². The molecule has 4 aromatic rings. The van der Waals surface area contributed by atoms with Gasteiger partial charge in [-0.2, -0.15) is 5.10 Å². The van der Waals surface area contributed by atoms with Gasteiger partial charge in [0.25, 0.3) is 0 Å². The number of pyridine rings is 1. The zero-order valence-corrected chi connectivity index (χ0v) is 18.1. The maximum absolute atomic E-state index is 12.6. The van der Waals surface area contributed by atoms with E-state index in [0.717, 1.165) is 16.8 Å². The van der Waals surface area contributed by atoms with Gasteiger partial charge in [0.1, 0.15) is 11.5 Å². The normalized spacial score (nSPS) is 10.9. The fourth-order valence-corrected chi connectivity index (χ4v) is 3.19. The van der Waals surface area contributed by atoms with Crippen molar-refractivity contribution < 1.29 is 14.0 Å². The van der Waals surface area contributed by atoms with E-state index < -0.39 is 0 Å². The number of benzene rings is 1. The lowest BCUT2D eigenvalue weighted by molar-refractivity contribution is -0.131. The molecule has 3 heterocycles. The monoisotopic (exact) mass is 441 g/mol. The number of carbonyl (C=O) groups is 2. The molecule has 8 nitrogen and oxygen atoms in total. The zero-order chi connectivity index (χ0) is 23.0. The lowest BCUT2D eigenvalue weighted by Crippen LogP contribution is -2.37. The fourth-order valence-electron chi connectivity index (χ4n) is 3.19. The minimum absolute atomic E-state index is 0.0668. The summed E-state index contributed by atoms with van der Waals surface area (Å²) in [4.78, 5) is 30.3. The molecule has 0 radical (unpaired) electrons. The minimum Gasteiger partial charge on any atom is -0.467 e. The van der Waals surface area contributed by atoms with Crippen LogP contribution in [-0.2, 0) is 16.1 Å². The van der Waals surface area contributed by atoms with Gasteiger partial charge in [-0.3, -0.25) is 14.6 Å². The standard InChI is InChI=1S/C25H23N5O3/c1-29(18-23(31)27-16-22-10-6-14-33-22)24(32)12-11-20-17-30(21-8-3-2-4-9-21)28-25(20)19-7-5-13-26-15-19/h2-15,17H,16,18H2,1H3,(H,27,31). The van der Waals surface area contributed by atoms with Crippen molar-refractivity contribution in [2.45, 2.75) is 6.54 Å². The SMILES string of the molecule is CN(CC(=O)NCc1ccco1)C(=O)C=Cc1cn(-c2ccccc2)nc1-c1cccnc1. The highest BCUT2D eigenvalue weighted by molar-refractivity contribution is 5.95. The quantitative estimate of drug-likeness (QED) is 0.424. The van der Waals surface area contributed by atoms with Crippen LogP contribution in [0.3, 0.4) is 0 Å². The molecule has 0 saturated heterocycles. The van der Waals surface area contributed by atoms with Gasteiger partial charge in [-0.15, -0.1) is 0 Å². The fraction of sp³-hybridized carbons (Fsp3) is 0.120. The van der Waals surface area contributed by atoms with Crippen LogP contribution >= 0.6 is 0 Å². The van der Waals surface area contributed by atoms with E-state index in [0.29, 0.717) is 11.5 Å². The highest BCUT2D eigenvalue weighted by Crippen LogP contribution is 2.24. The van der Waals surface area contributed by atoms with Gasteiger partial charge in [0.15, 0.2) is 0 Å². The number of aromatic nitrogens is 3. The molecule has 3 aromatic heterocycles. The summed E-state index contributed by atoms with van der Waals surface area (Å²) in [7, 11) is 1.58. The number of furan rings is 1. The molecule has 2 amide bonds. The van der Waals surface area contributed by atoms with Gasteiger partial charge in [0.2, 0.25) is 11.8 Å². The van der Waals surface area contributed by atoms with Crippen molar-refractivity contribution in [1.29, 1.82) is 0 Å². The number of amides is 2. The first kappa shape index (κ1) is 21.8. The largest absolute Gasteiger partial charge is 0.467 e. The smallest absolute Gasteiger partial charge is 0.246 e. The molecule has 1 aromatic carbocycles. The summed E-state index contributed by atoms with van der Waals surface area (Å²) in [5.41, 5.74) is 3.20. The van der Waals surface area contributed by atoms with Gasteiger partial charge in [-0.1, -0.05) is 18.2 Å². The topological polar surface area (TPSA) is 93.3 Å². The molecular weight excluding hydrogens is 418 g/mol. The van der Waals surface area contributed by atoms with Gasteiger partial charge in [-0.25, -0.2) is 4.68 Å². The lowest BCUT2D eigenvalue weighted by Gasteiger charge is -2.14. The molecule has 166 valence electrons. The van der Waals surface area contributed by atoms with Crippen LogP contribution in [0, 0.1) is 0 Å². The zero-order valence-electron chi connectivity index (χ0n) is 18.1.